The molecule has 1 aliphatic rings. The third-order valence-corrected chi connectivity index (χ3v) is 7.20. The normalized spacial score (nSPS) is 14.9. The number of nitrogens with one attached hydrogen (secondary N) is 4. The summed E-state index contributed by atoms with van der Waals surface area (Å²) in [4.78, 5) is 77.3. The summed E-state index contributed by atoms with van der Waals surface area (Å²) in [5.41, 5.74) is -0.642. The number of carbonyl (C=O) groups is 5. The molecule has 0 spiro atoms. The summed E-state index contributed by atoms with van der Waals surface area (Å²) in [5, 5.41) is 10.3. The van der Waals surface area contributed by atoms with Crippen LogP contribution in [0.5, 0.6) is 0 Å². The van der Waals surface area contributed by atoms with Crippen LogP contribution in [0.2, 0.25) is 0 Å². The van der Waals surface area contributed by atoms with Crippen LogP contribution in [0, 0.1) is 11.8 Å². The lowest BCUT2D eigenvalue weighted by Gasteiger charge is -2.29. The van der Waals surface area contributed by atoms with E-state index in [0.717, 1.165) is 25.9 Å². The molecule has 216 valence electrons. The molecule has 1 aromatic heterocycles. The molecule has 1 fully saturated rings. The number of hydrogen-bond donors (Lipinski definition) is 4. The van der Waals surface area contributed by atoms with E-state index in [2.05, 4.69) is 40.0 Å². The Morgan fingerprint density at radius 1 is 1.08 bits per heavy atom. The first-order chi connectivity index (χ1) is 18.6. The van der Waals surface area contributed by atoms with Gasteiger partial charge in [0.25, 0.3) is 11.5 Å². The molecular formula is C27H42N6O6. The van der Waals surface area contributed by atoms with Crippen LogP contribution in [0.4, 0.5) is 5.69 Å². The number of pyridine rings is 1. The molecule has 0 aromatic carbocycles. The number of aromatic nitrogens is 1. The molecule has 1 unspecified atom stereocenters. The topological polar surface area (TPSA) is 159 Å². The van der Waals surface area contributed by atoms with Gasteiger partial charge in [0.1, 0.15) is 18.3 Å². The number of likely N-dealkylation sites (tertiary alicyclic amines) is 1. The monoisotopic (exact) mass is 546 g/mol. The predicted molar refractivity (Wildman–Crippen MR) is 147 cm³/mol. The third kappa shape index (κ3) is 9.93. The highest BCUT2D eigenvalue weighted by molar-refractivity contribution is 6.36. The fraction of sp³-hybridized carbons (Fsp3) is 0.630. The van der Waals surface area contributed by atoms with Gasteiger partial charge in [0.15, 0.2) is 0 Å². The number of ketones is 1. The highest BCUT2D eigenvalue weighted by Crippen LogP contribution is 2.17. The minimum Gasteiger partial charge on any atom is -0.354 e. The molecule has 1 aromatic rings. The largest absolute Gasteiger partial charge is 0.354 e. The van der Waals surface area contributed by atoms with Gasteiger partial charge in [-0.1, -0.05) is 26.7 Å². The highest BCUT2D eigenvalue weighted by Gasteiger charge is 2.29. The highest BCUT2D eigenvalue weighted by atomic mass is 16.2. The van der Waals surface area contributed by atoms with Crippen molar-refractivity contribution in [3.05, 3.63) is 28.7 Å². The van der Waals surface area contributed by atoms with Gasteiger partial charge in [-0.2, -0.15) is 0 Å². The second kappa shape index (κ2) is 15.8. The summed E-state index contributed by atoms with van der Waals surface area (Å²) in [6.07, 6.45) is 4.21. The van der Waals surface area contributed by atoms with Crippen LogP contribution in [-0.4, -0.2) is 78.7 Å². The molecule has 0 saturated carbocycles. The van der Waals surface area contributed by atoms with Gasteiger partial charge >= 0.3 is 0 Å². The first-order valence-corrected chi connectivity index (χ1v) is 13.6. The number of likely N-dealkylation sites (N-methyl/N-ethyl adjacent to an activating group) is 1. The van der Waals surface area contributed by atoms with Crippen molar-refractivity contribution in [1.29, 1.82) is 0 Å². The summed E-state index contributed by atoms with van der Waals surface area (Å²) in [7, 11) is 3.30. The molecule has 2 rings (SSSR count). The lowest BCUT2D eigenvalue weighted by Crippen LogP contribution is -2.48. The zero-order valence-electron chi connectivity index (χ0n) is 23.4. The zero-order chi connectivity index (χ0) is 28.9. The number of carbonyl (C=O) groups excluding carboxylic acids is 5. The molecule has 1 aliphatic heterocycles. The molecule has 0 aliphatic carbocycles. The second-order valence-corrected chi connectivity index (χ2v) is 10.0. The molecule has 4 amide bonds. The maximum atomic E-state index is 13.2. The van der Waals surface area contributed by atoms with Gasteiger partial charge in [0, 0.05) is 32.1 Å². The molecule has 0 radical (unpaired) electrons. The summed E-state index contributed by atoms with van der Waals surface area (Å²) in [6, 6.07) is 1.80. The third-order valence-electron chi connectivity index (χ3n) is 7.20. The number of piperidine rings is 1. The summed E-state index contributed by atoms with van der Waals surface area (Å²) < 4.78 is 1.19. The van der Waals surface area contributed by atoms with E-state index in [1.807, 2.05) is 7.05 Å². The van der Waals surface area contributed by atoms with Crippen LogP contribution < -0.4 is 26.8 Å². The Morgan fingerprint density at radius 3 is 2.36 bits per heavy atom. The van der Waals surface area contributed by atoms with Gasteiger partial charge in [-0.05, 0) is 57.5 Å². The first-order valence-electron chi connectivity index (χ1n) is 13.6. The van der Waals surface area contributed by atoms with Gasteiger partial charge in [0.2, 0.25) is 23.5 Å². The summed E-state index contributed by atoms with van der Waals surface area (Å²) in [6.45, 7) is 5.91. The van der Waals surface area contributed by atoms with Gasteiger partial charge in [-0.15, -0.1) is 0 Å². The van der Waals surface area contributed by atoms with Gasteiger partial charge in [-0.3, -0.25) is 28.8 Å². The summed E-state index contributed by atoms with van der Waals surface area (Å²) >= 11 is 0. The van der Waals surface area contributed by atoms with Crippen LogP contribution in [0.25, 0.3) is 0 Å². The molecule has 12 nitrogen and oxygen atoms in total. The van der Waals surface area contributed by atoms with Crippen molar-refractivity contribution in [3.8, 4) is 0 Å². The molecule has 0 bridgehead atoms. The standard InChI is InChI=1S/C27H42N6O6/c1-5-18(6-2)16-29-23(35)17-33-13-7-8-21(27(33)39)31-25(37)20(9-10-22(34)26(38)28-3)30-24(36)19-11-14-32(4)15-12-19/h7-8,13,18-20H,5-6,9-12,14-17H2,1-4H3,(H,28,38)(H,29,35)(H,30,36)(H,31,37). The molecule has 1 atom stereocenters. The van der Waals surface area contributed by atoms with Crippen molar-refractivity contribution in [1.82, 2.24) is 25.4 Å². The van der Waals surface area contributed by atoms with Crippen LogP contribution in [-0.2, 0) is 30.5 Å². The zero-order valence-corrected chi connectivity index (χ0v) is 23.4. The second-order valence-electron chi connectivity index (χ2n) is 10.0. The Labute approximate surface area is 229 Å². The van der Waals surface area contributed by atoms with Crippen molar-refractivity contribution < 1.29 is 24.0 Å². The number of Topliss-reactive ketones (excluding diaryl/α,β-unsaturated/α-hetero) is 1. The fourth-order valence-corrected chi connectivity index (χ4v) is 4.38. The van der Waals surface area contributed by atoms with E-state index >= 15 is 0 Å². The smallest absolute Gasteiger partial charge is 0.287 e. The van der Waals surface area contributed by atoms with E-state index in [4.69, 9.17) is 0 Å². The molecule has 1 saturated heterocycles. The predicted octanol–water partition coefficient (Wildman–Crippen LogP) is 0.261. The Hall–Kier alpha value is -3.54. The number of nitrogens with zero attached hydrogens (tertiary/aromatic N) is 2. The van der Waals surface area contributed by atoms with Crippen LogP contribution in [0.15, 0.2) is 23.1 Å². The first kappa shape index (κ1) is 31.7. The van der Waals surface area contributed by atoms with Crippen molar-refractivity contribution in [2.45, 2.75) is 65.0 Å². The molecule has 2 heterocycles. The van der Waals surface area contributed by atoms with E-state index in [9.17, 15) is 28.8 Å². The van der Waals surface area contributed by atoms with Gasteiger partial charge in [0.05, 0.1) is 0 Å². The fourth-order valence-electron chi connectivity index (χ4n) is 4.38. The Balaban J connectivity index is 2.12. The van der Waals surface area contributed by atoms with E-state index < -0.39 is 29.2 Å². The average Bonchev–Trinajstić information content (AvgIpc) is 2.93. The Kier molecular flexibility index (Phi) is 12.8. The lowest BCUT2D eigenvalue weighted by molar-refractivity contribution is -0.138. The van der Waals surface area contributed by atoms with Crippen LogP contribution in [0.3, 0.4) is 0 Å². The van der Waals surface area contributed by atoms with E-state index in [1.165, 1.54) is 29.9 Å². The molecule has 39 heavy (non-hydrogen) atoms. The van der Waals surface area contributed by atoms with Crippen molar-refractivity contribution >= 4 is 35.1 Å². The van der Waals surface area contributed by atoms with E-state index in [0.29, 0.717) is 25.3 Å². The minimum atomic E-state index is -1.14. The quantitative estimate of drug-likeness (QED) is 0.244. The van der Waals surface area contributed by atoms with Crippen molar-refractivity contribution in [2.75, 3.05) is 39.0 Å². The summed E-state index contributed by atoms with van der Waals surface area (Å²) in [5.74, 6) is -2.74. The van der Waals surface area contributed by atoms with Crippen LogP contribution >= 0.6 is 0 Å². The number of amides is 4. The molecule has 12 heteroatoms. The SMILES string of the molecule is CCC(CC)CNC(=O)Cn1cccc(NC(=O)C(CCC(=O)C(=O)NC)NC(=O)C2CCN(C)CC2)c1=O. The number of rotatable bonds is 14. The maximum absolute atomic E-state index is 13.2. The lowest BCUT2D eigenvalue weighted by atomic mass is 9.95. The van der Waals surface area contributed by atoms with Gasteiger partial charge < -0.3 is 30.7 Å². The van der Waals surface area contributed by atoms with Crippen LogP contribution in [0.1, 0.15) is 52.4 Å². The average molecular weight is 547 g/mol. The number of anilines is 1. The van der Waals surface area contributed by atoms with Crippen molar-refractivity contribution in [2.24, 2.45) is 11.8 Å². The Morgan fingerprint density at radius 2 is 1.74 bits per heavy atom. The van der Waals surface area contributed by atoms with E-state index in [1.54, 1.807) is 0 Å². The Bertz CT molecular complexity index is 1070. The van der Waals surface area contributed by atoms with Crippen molar-refractivity contribution in [3.63, 3.8) is 0 Å². The van der Waals surface area contributed by atoms with Gasteiger partial charge in [-0.25, -0.2) is 0 Å². The number of hydrogen-bond acceptors (Lipinski definition) is 7. The minimum absolute atomic E-state index is 0.0635. The molecule has 4 N–H and O–H groups in total. The maximum Gasteiger partial charge on any atom is 0.287 e. The van der Waals surface area contributed by atoms with E-state index in [-0.39, 0.29) is 42.8 Å². The molecular weight excluding hydrogens is 504 g/mol.